The van der Waals surface area contributed by atoms with E-state index in [1.807, 2.05) is 0 Å². The van der Waals surface area contributed by atoms with Crippen molar-refractivity contribution in [3.63, 3.8) is 0 Å². The van der Waals surface area contributed by atoms with Gasteiger partial charge in [0.25, 0.3) is 5.91 Å². The number of aromatic nitrogens is 1. The molecule has 1 aliphatic rings. The van der Waals surface area contributed by atoms with Crippen LogP contribution in [0.5, 0.6) is 5.75 Å². The van der Waals surface area contributed by atoms with E-state index in [2.05, 4.69) is 10.3 Å². The summed E-state index contributed by atoms with van der Waals surface area (Å²) >= 11 is 0. The van der Waals surface area contributed by atoms with Gasteiger partial charge in [-0.15, -0.1) is 0 Å². The van der Waals surface area contributed by atoms with E-state index < -0.39 is 11.9 Å². The second-order valence-electron chi connectivity index (χ2n) is 5.44. The Morgan fingerprint density at radius 1 is 1.17 bits per heavy atom. The Balaban J connectivity index is 2.01. The second-order valence-corrected chi connectivity index (χ2v) is 5.44. The lowest BCUT2D eigenvalue weighted by Crippen LogP contribution is -2.20. The number of carbonyl (C=O) groups excluding carboxylic acids is 2. The highest BCUT2D eigenvalue weighted by molar-refractivity contribution is 6.02. The Labute approximate surface area is 129 Å². The summed E-state index contributed by atoms with van der Waals surface area (Å²) < 4.78 is 13.6. The fourth-order valence-corrected chi connectivity index (χ4v) is 3.12. The van der Waals surface area contributed by atoms with Crippen LogP contribution in [0.15, 0.2) is 36.4 Å². The fourth-order valence-electron chi connectivity index (χ4n) is 3.12. The van der Waals surface area contributed by atoms with Crippen molar-refractivity contribution in [3.8, 4) is 5.75 Å². The molecule has 23 heavy (non-hydrogen) atoms. The van der Waals surface area contributed by atoms with Gasteiger partial charge in [0.15, 0.2) is 6.29 Å². The van der Waals surface area contributed by atoms with Crippen molar-refractivity contribution in [2.45, 2.75) is 6.04 Å². The molecule has 3 N–H and O–H groups in total. The smallest absolute Gasteiger partial charge is 0.252 e. The van der Waals surface area contributed by atoms with Crippen LogP contribution in [0.2, 0.25) is 0 Å². The van der Waals surface area contributed by atoms with Crippen LogP contribution in [0.4, 0.5) is 4.39 Å². The zero-order valence-corrected chi connectivity index (χ0v) is 11.8. The Morgan fingerprint density at radius 2 is 2.00 bits per heavy atom. The highest BCUT2D eigenvalue weighted by Gasteiger charge is 2.33. The molecular weight excluding hydrogens is 299 g/mol. The molecule has 2 heterocycles. The van der Waals surface area contributed by atoms with Gasteiger partial charge in [-0.3, -0.25) is 9.59 Å². The number of fused-ring (bicyclic) bond motifs is 2. The molecular formula is C17H11FN2O3. The molecule has 1 aliphatic heterocycles. The summed E-state index contributed by atoms with van der Waals surface area (Å²) in [6.07, 6.45) is 0.639. The molecule has 0 saturated carbocycles. The van der Waals surface area contributed by atoms with E-state index in [1.54, 1.807) is 6.07 Å². The van der Waals surface area contributed by atoms with Crippen molar-refractivity contribution in [3.05, 3.63) is 64.6 Å². The first-order valence-electron chi connectivity index (χ1n) is 6.98. The number of rotatable bonds is 2. The normalized spacial score (nSPS) is 16.4. The van der Waals surface area contributed by atoms with Gasteiger partial charge in [0, 0.05) is 22.0 Å². The van der Waals surface area contributed by atoms with Gasteiger partial charge >= 0.3 is 0 Å². The summed E-state index contributed by atoms with van der Waals surface area (Å²) in [5.41, 5.74) is 2.35. The molecule has 1 atom stereocenters. The number of halogens is 1. The summed E-state index contributed by atoms with van der Waals surface area (Å²) in [6.45, 7) is 0. The zero-order valence-electron chi connectivity index (χ0n) is 11.8. The number of aromatic amines is 1. The third-order valence-electron chi connectivity index (χ3n) is 4.10. The van der Waals surface area contributed by atoms with Crippen LogP contribution in [0.3, 0.4) is 0 Å². The number of aldehydes is 1. The number of nitrogens with one attached hydrogen (secondary N) is 2. The van der Waals surface area contributed by atoms with Gasteiger partial charge in [0.1, 0.15) is 11.6 Å². The SMILES string of the molecule is O=Cc1[nH]c2ccc(F)cc2c1C1NC(=O)c2ccc(O)cc21. The Bertz CT molecular complexity index is 977. The van der Waals surface area contributed by atoms with E-state index in [1.165, 1.54) is 30.3 Å². The molecule has 1 amide bonds. The number of phenolic OH excluding ortho intramolecular Hbond substituents is 1. The van der Waals surface area contributed by atoms with Gasteiger partial charge in [-0.2, -0.15) is 0 Å². The number of benzene rings is 2. The first-order chi connectivity index (χ1) is 11.1. The van der Waals surface area contributed by atoms with Crippen molar-refractivity contribution >= 4 is 23.1 Å². The third kappa shape index (κ3) is 1.92. The molecule has 0 aliphatic carbocycles. The lowest BCUT2D eigenvalue weighted by molar-refractivity contribution is 0.0959. The van der Waals surface area contributed by atoms with Crippen LogP contribution >= 0.6 is 0 Å². The van der Waals surface area contributed by atoms with Crippen molar-refractivity contribution < 1.29 is 19.1 Å². The third-order valence-corrected chi connectivity index (χ3v) is 4.10. The lowest BCUT2D eigenvalue weighted by Gasteiger charge is -2.12. The van der Waals surface area contributed by atoms with Crippen LogP contribution in [-0.4, -0.2) is 22.3 Å². The predicted octanol–water partition coefficient (Wildman–Crippen LogP) is 2.66. The molecule has 0 spiro atoms. The Kier molecular flexibility index (Phi) is 2.74. The zero-order chi connectivity index (χ0) is 16.1. The number of hydrogen-bond donors (Lipinski definition) is 3. The van der Waals surface area contributed by atoms with Crippen LogP contribution in [0.1, 0.15) is 38.0 Å². The van der Waals surface area contributed by atoms with Gasteiger partial charge in [-0.25, -0.2) is 4.39 Å². The maximum Gasteiger partial charge on any atom is 0.252 e. The summed E-state index contributed by atoms with van der Waals surface area (Å²) in [6, 6.07) is 7.96. The largest absolute Gasteiger partial charge is 0.508 e. The molecule has 0 saturated heterocycles. The van der Waals surface area contributed by atoms with Crippen molar-refractivity contribution in [2.24, 2.45) is 0 Å². The topological polar surface area (TPSA) is 82.2 Å². The molecule has 0 bridgehead atoms. The lowest BCUT2D eigenvalue weighted by atomic mass is 9.96. The van der Waals surface area contributed by atoms with Crippen LogP contribution < -0.4 is 5.32 Å². The minimum Gasteiger partial charge on any atom is -0.508 e. The minimum atomic E-state index is -0.625. The molecule has 1 aromatic heterocycles. The molecule has 3 aromatic rings. The molecule has 0 radical (unpaired) electrons. The Morgan fingerprint density at radius 3 is 2.78 bits per heavy atom. The van der Waals surface area contributed by atoms with Crippen molar-refractivity contribution in [1.82, 2.24) is 10.3 Å². The highest BCUT2D eigenvalue weighted by Crippen LogP contribution is 2.38. The monoisotopic (exact) mass is 310 g/mol. The maximum atomic E-state index is 13.6. The van der Waals surface area contributed by atoms with E-state index in [0.29, 0.717) is 33.9 Å². The maximum absolute atomic E-state index is 13.6. The van der Waals surface area contributed by atoms with E-state index in [9.17, 15) is 19.1 Å². The van der Waals surface area contributed by atoms with Gasteiger partial charge in [0.05, 0.1) is 11.7 Å². The van der Waals surface area contributed by atoms with Crippen LogP contribution in [0, 0.1) is 5.82 Å². The molecule has 2 aromatic carbocycles. The number of aromatic hydroxyl groups is 1. The Hall–Kier alpha value is -3.15. The van der Waals surface area contributed by atoms with Gasteiger partial charge < -0.3 is 15.4 Å². The summed E-state index contributed by atoms with van der Waals surface area (Å²) in [5, 5.41) is 13.0. The van der Waals surface area contributed by atoms with E-state index >= 15 is 0 Å². The molecule has 0 fully saturated rings. The van der Waals surface area contributed by atoms with Gasteiger partial charge in [-0.05, 0) is 42.0 Å². The van der Waals surface area contributed by atoms with Crippen LogP contribution in [-0.2, 0) is 0 Å². The fraction of sp³-hybridized carbons (Fsp3) is 0.0588. The van der Waals surface area contributed by atoms with E-state index in [4.69, 9.17) is 0 Å². The molecule has 114 valence electrons. The predicted molar refractivity (Wildman–Crippen MR) is 81.1 cm³/mol. The quantitative estimate of drug-likeness (QED) is 0.636. The minimum absolute atomic E-state index is 0.0175. The number of H-pyrrole nitrogens is 1. The summed E-state index contributed by atoms with van der Waals surface area (Å²) in [4.78, 5) is 26.5. The number of amides is 1. The van der Waals surface area contributed by atoms with Gasteiger partial charge in [-0.1, -0.05) is 0 Å². The van der Waals surface area contributed by atoms with Crippen molar-refractivity contribution in [2.75, 3.05) is 0 Å². The summed E-state index contributed by atoms with van der Waals surface area (Å²) in [5.74, 6) is -0.716. The number of phenols is 1. The number of hydrogen-bond acceptors (Lipinski definition) is 3. The standard InChI is InChI=1S/C17H11FN2O3/c18-8-1-4-13-12(5-8)15(14(7-21)19-13)16-11-6-9(22)2-3-10(11)17(23)20-16/h1-7,16,19,22H,(H,20,23). The molecule has 4 rings (SSSR count). The van der Waals surface area contributed by atoms with Gasteiger partial charge in [0.2, 0.25) is 0 Å². The first kappa shape index (κ1) is 13.5. The average Bonchev–Trinajstić information content (AvgIpc) is 3.04. The molecule has 6 heteroatoms. The first-order valence-corrected chi connectivity index (χ1v) is 6.98. The second kappa shape index (κ2) is 4.67. The van der Waals surface area contributed by atoms with E-state index in [-0.39, 0.29) is 17.4 Å². The van der Waals surface area contributed by atoms with E-state index in [0.717, 1.165) is 0 Å². The number of carbonyl (C=O) groups is 2. The van der Waals surface area contributed by atoms with Crippen molar-refractivity contribution in [1.29, 1.82) is 0 Å². The highest BCUT2D eigenvalue weighted by atomic mass is 19.1. The average molecular weight is 310 g/mol. The van der Waals surface area contributed by atoms with Crippen LogP contribution in [0.25, 0.3) is 10.9 Å². The molecule has 1 unspecified atom stereocenters. The molecule has 5 nitrogen and oxygen atoms in total. The summed E-state index contributed by atoms with van der Waals surface area (Å²) in [7, 11) is 0.